The highest BCUT2D eigenvalue weighted by molar-refractivity contribution is 6.05. The molecular formula is C21H24N2O2. The molecule has 25 heavy (non-hydrogen) atoms. The Balaban J connectivity index is 1.77. The van der Waals surface area contributed by atoms with Crippen LogP contribution in [-0.2, 0) is 11.2 Å². The van der Waals surface area contributed by atoms with Crippen LogP contribution in [0, 0.1) is 12.3 Å². The maximum atomic E-state index is 12.6. The predicted octanol–water partition coefficient (Wildman–Crippen LogP) is 4.18. The lowest BCUT2D eigenvalue weighted by molar-refractivity contribution is -0.125. The molecule has 0 fully saturated rings. The standard InChI is InChI=1S/C21H24N2O2/c1-14-5-7-15(8-6-14)19(24)22-17-9-10-18-16(13-17)11-12-23(18)20(25)21(2,3)4/h5-10,13H,11-12H2,1-4H3,(H,22,24). The Morgan fingerprint density at radius 1 is 1.04 bits per heavy atom. The van der Waals surface area contributed by atoms with Crippen molar-refractivity contribution in [2.75, 3.05) is 16.8 Å². The van der Waals surface area contributed by atoms with Gasteiger partial charge in [-0.3, -0.25) is 9.59 Å². The molecule has 0 atom stereocenters. The number of fused-ring (bicyclic) bond motifs is 1. The number of anilines is 2. The van der Waals surface area contributed by atoms with E-state index in [-0.39, 0.29) is 11.8 Å². The van der Waals surface area contributed by atoms with Crippen LogP contribution in [0.15, 0.2) is 42.5 Å². The number of benzene rings is 2. The van der Waals surface area contributed by atoms with Crippen LogP contribution >= 0.6 is 0 Å². The molecule has 2 amide bonds. The number of carbonyl (C=O) groups excluding carboxylic acids is 2. The molecule has 4 nitrogen and oxygen atoms in total. The fourth-order valence-electron chi connectivity index (χ4n) is 3.00. The third kappa shape index (κ3) is 3.58. The number of rotatable bonds is 2. The van der Waals surface area contributed by atoms with E-state index in [1.165, 1.54) is 0 Å². The van der Waals surface area contributed by atoms with Gasteiger partial charge in [0.1, 0.15) is 0 Å². The van der Waals surface area contributed by atoms with E-state index in [1.54, 1.807) is 0 Å². The minimum Gasteiger partial charge on any atom is -0.322 e. The Bertz CT molecular complexity index is 817. The van der Waals surface area contributed by atoms with Gasteiger partial charge in [-0.2, -0.15) is 0 Å². The zero-order chi connectivity index (χ0) is 18.2. The normalized spacial score (nSPS) is 13.5. The Morgan fingerprint density at radius 2 is 1.72 bits per heavy atom. The number of hydrogen-bond donors (Lipinski definition) is 1. The average molecular weight is 336 g/mol. The summed E-state index contributed by atoms with van der Waals surface area (Å²) in [7, 11) is 0. The topological polar surface area (TPSA) is 49.4 Å². The summed E-state index contributed by atoms with van der Waals surface area (Å²) in [5.41, 5.74) is 4.16. The van der Waals surface area contributed by atoms with E-state index in [0.29, 0.717) is 12.1 Å². The van der Waals surface area contributed by atoms with Crippen LogP contribution in [0.2, 0.25) is 0 Å². The molecule has 0 unspecified atom stereocenters. The molecule has 0 spiro atoms. The summed E-state index contributed by atoms with van der Waals surface area (Å²) in [5.74, 6) is 0.00302. The number of nitrogens with zero attached hydrogens (tertiary/aromatic N) is 1. The van der Waals surface area contributed by atoms with Crippen molar-refractivity contribution in [1.82, 2.24) is 0 Å². The van der Waals surface area contributed by atoms with Gasteiger partial charge in [-0.25, -0.2) is 0 Å². The van der Waals surface area contributed by atoms with Gasteiger partial charge in [0.25, 0.3) is 5.91 Å². The second kappa shape index (κ2) is 6.36. The summed E-state index contributed by atoms with van der Waals surface area (Å²) >= 11 is 0. The quantitative estimate of drug-likeness (QED) is 0.894. The van der Waals surface area contributed by atoms with Gasteiger partial charge >= 0.3 is 0 Å². The van der Waals surface area contributed by atoms with Crippen molar-refractivity contribution in [2.45, 2.75) is 34.1 Å². The molecule has 2 aromatic carbocycles. The molecule has 0 radical (unpaired) electrons. The lowest BCUT2D eigenvalue weighted by atomic mass is 9.94. The van der Waals surface area contributed by atoms with Crippen LogP contribution in [0.1, 0.15) is 42.3 Å². The first kappa shape index (κ1) is 17.2. The van der Waals surface area contributed by atoms with Crippen LogP contribution in [-0.4, -0.2) is 18.4 Å². The first-order chi connectivity index (χ1) is 11.8. The minimum absolute atomic E-state index is 0.124. The smallest absolute Gasteiger partial charge is 0.255 e. The monoisotopic (exact) mass is 336 g/mol. The van der Waals surface area contributed by atoms with E-state index in [4.69, 9.17) is 0 Å². The van der Waals surface area contributed by atoms with E-state index in [2.05, 4.69) is 5.32 Å². The van der Waals surface area contributed by atoms with Gasteiger partial charge < -0.3 is 10.2 Å². The zero-order valence-corrected chi connectivity index (χ0v) is 15.2. The molecule has 0 aliphatic carbocycles. The molecule has 3 rings (SSSR count). The summed E-state index contributed by atoms with van der Waals surface area (Å²) < 4.78 is 0. The van der Waals surface area contributed by atoms with E-state index in [9.17, 15) is 9.59 Å². The van der Waals surface area contributed by atoms with Gasteiger partial charge in [-0.15, -0.1) is 0 Å². The van der Waals surface area contributed by atoms with E-state index < -0.39 is 5.41 Å². The van der Waals surface area contributed by atoms with Crippen LogP contribution in [0.5, 0.6) is 0 Å². The number of hydrogen-bond acceptors (Lipinski definition) is 2. The second-order valence-electron chi connectivity index (χ2n) is 7.62. The van der Waals surface area contributed by atoms with Crippen LogP contribution < -0.4 is 10.2 Å². The highest BCUT2D eigenvalue weighted by atomic mass is 16.2. The molecule has 0 bridgehead atoms. The third-order valence-electron chi connectivity index (χ3n) is 4.43. The summed E-state index contributed by atoms with van der Waals surface area (Å²) in [6.07, 6.45) is 0.811. The number of aryl methyl sites for hydroxylation is 1. The molecule has 0 saturated heterocycles. The van der Waals surface area contributed by atoms with Gasteiger partial charge in [0.2, 0.25) is 5.91 Å². The molecule has 1 aliphatic rings. The molecular weight excluding hydrogens is 312 g/mol. The Labute approximate surface area is 148 Å². The van der Waals surface area contributed by atoms with E-state index in [1.807, 2.05) is 75.1 Å². The molecule has 2 aromatic rings. The van der Waals surface area contributed by atoms with Crippen molar-refractivity contribution in [1.29, 1.82) is 0 Å². The lowest BCUT2D eigenvalue weighted by Crippen LogP contribution is -2.38. The third-order valence-corrected chi connectivity index (χ3v) is 4.43. The maximum absolute atomic E-state index is 12.6. The SMILES string of the molecule is Cc1ccc(C(=O)Nc2ccc3c(c2)CCN3C(=O)C(C)(C)C)cc1. The molecule has 1 heterocycles. The summed E-state index contributed by atoms with van der Waals surface area (Å²) in [6.45, 7) is 8.49. The maximum Gasteiger partial charge on any atom is 0.255 e. The van der Waals surface area contributed by atoms with E-state index in [0.717, 1.165) is 28.9 Å². The second-order valence-corrected chi connectivity index (χ2v) is 7.62. The largest absolute Gasteiger partial charge is 0.322 e. The van der Waals surface area contributed by atoms with Crippen LogP contribution in [0.4, 0.5) is 11.4 Å². The first-order valence-corrected chi connectivity index (χ1v) is 8.58. The summed E-state index contributed by atoms with van der Waals surface area (Å²) in [4.78, 5) is 26.8. The molecule has 0 aromatic heterocycles. The number of carbonyl (C=O) groups is 2. The van der Waals surface area contributed by atoms with Gasteiger partial charge in [0, 0.05) is 28.9 Å². The van der Waals surface area contributed by atoms with E-state index >= 15 is 0 Å². The molecule has 4 heteroatoms. The van der Waals surface area contributed by atoms with Gasteiger partial charge in [-0.1, -0.05) is 38.5 Å². The first-order valence-electron chi connectivity index (χ1n) is 8.58. The van der Waals surface area contributed by atoms with Crippen molar-refractivity contribution in [3.8, 4) is 0 Å². The fourth-order valence-corrected chi connectivity index (χ4v) is 3.00. The minimum atomic E-state index is -0.403. The van der Waals surface area contributed by atoms with Gasteiger partial charge in [-0.05, 0) is 49.2 Å². The Morgan fingerprint density at radius 3 is 2.36 bits per heavy atom. The van der Waals surface area contributed by atoms with Crippen molar-refractivity contribution in [2.24, 2.45) is 5.41 Å². The van der Waals surface area contributed by atoms with Gasteiger partial charge in [0.15, 0.2) is 0 Å². The molecule has 0 saturated carbocycles. The number of amides is 2. The van der Waals surface area contributed by atoms with Crippen molar-refractivity contribution < 1.29 is 9.59 Å². The predicted molar refractivity (Wildman–Crippen MR) is 101 cm³/mol. The average Bonchev–Trinajstić information content (AvgIpc) is 2.96. The Hall–Kier alpha value is -2.62. The van der Waals surface area contributed by atoms with Crippen molar-refractivity contribution in [3.63, 3.8) is 0 Å². The van der Waals surface area contributed by atoms with Crippen LogP contribution in [0.25, 0.3) is 0 Å². The summed E-state index contributed by atoms with van der Waals surface area (Å²) in [6, 6.07) is 13.2. The molecule has 130 valence electrons. The van der Waals surface area contributed by atoms with Crippen molar-refractivity contribution in [3.05, 3.63) is 59.2 Å². The molecule has 1 aliphatic heterocycles. The Kier molecular flexibility index (Phi) is 4.38. The zero-order valence-electron chi connectivity index (χ0n) is 15.2. The molecule has 1 N–H and O–H groups in total. The highest BCUT2D eigenvalue weighted by Gasteiger charge is 2.32. The van der Waals surface area contributed by atoms with Crippen molar-refractivity contribution >= 4 is 23.2 Å². The fraction of sp³-hybridized carbons (Fsp3) is 0.333. The van der Waals surface area contributed by atoms with Crippen LogP contribution in [0.3, 0.4) is 0 Å². The number of nitrogens with one attached hydrogen (secondary N) is 1. The summed E-state index contributed by atoms with van der Waals surface area (Å²) in [5, 5.41) is 2.94. The lowest BCUT2D eigenvalue weighted by Gasteiger charge is -2.26. The highest BCUT2D eigenvalue weighted by Crippen LogP contribution is 2.33. The van der Waals surface area contributed by atoms with Gasteiger partial charge in [0.05, 0.1) is 0 Å².